The Hall–Kier alpha value is -2.16. The maximum absolute atomic E-state index is 13.3. The first-order chi connectivity index (χ1) is 14.3. The van der Waals surface area contributed by atoms with E-state index in [2.05, 4.69) is 30.0 Å². The van der Waals surface area contributed by atoms with Gasteiger partial charge in [-0.25, -0.2) is 13.4 Å². The molecular weight excluding hydrogens is 418 g/mol. The Balaban J connectivity index is 1.54. The minimum atomic E-state index is -3.62. The molecule has 30 heavy (non-hydrogen) atoms. The second-order valence-electron chi connectivity index (χ2n) is 7.63. The van der Waals surface area contributed by atoms with E-state index in [0.29, 0.717) is 31.9 Å². The summed E-state index contributed by atoms with van der Waals surface area (Å²) < 4.78 is 34.7. The van der Waals surface area contributed by atoms with Gasteiger partial charge in [0.05, 0.1) is 17.3 Å². The topological polar surface area (TPSA) is 62.7 Å². The molecule has 0 radical (unpaired) electrons. The highest BCUT2D eigenvalue weighted by atomic mass is 32.2. The molecule has 1 aliphatic rings. The quantitative estimate of drug-likeness (QED) is 0.594. The third kappa shape index (κ3) is 3.79. The van der Waals surface area contributed by atoms with E-state index in [1.807, 2.05) is 13.8 Å². The Labute approximate surface area is 182 Å². The van der Waals surface area contributed by atoms with Crippen molar-refractivity contribution < 1.29 is 13.2 Å². The molecule has 0 saturated carbocycles. The van der Waals surface area contributed by atoms with Gasteiger partial charge in [0.15, 0.2) is 5.13 Å². The zero-order chi connectivity index (χ0) is 21.5. The molecule has 1 aliphatic heterocycles. The molecule has 2 heterocycles. The van der Waals surface area contributed by atoms with Crippen LogP contribution in [-0.4, -0.2) is 51.0 Å². The van der Waals surface area contributed by atoms with Gasteiger partial charge < -0.3 is 9.64 Å². The smallest absolute Gasteiger partial charge is 0.246 e. The van der Waals surface area contributed by atoms with Crippen molar-refractivity contribution in [3.05, 3.63) is 47.0 Å². The summed E-state index contributed by atoms with van der Waals surface area (Å²) in [6, 6.07) is 9.90. The number of benzene rings is 2. The predicted molar refractivity (Wildman–Crippen MR) is 122 cm³/mol. The van der Waals surface area contributed by atoms with Crippen molar-refractivity contribution in [1.82, 2.24) is 9.29 Å². The summed E-state index contributed by atoms with van der Waals surface area (Å²) in [7, 11) is -2.11. The normalized spacial score (nSPS) is 15.7. The molecule has 0 amide bonds. The number of sulfonamides is 1. The van der Waals surface area contributed by atoms with Crippen LogP contribution in [0.5, 0.6) is 5.75 Å². The largest absolute Gasteiger partial charge is 0.495 e. The third-order valence-electron chi connectivity index (χ3n) is 5.76. The maximum Gasteiger partial charge on any atom is 0.246 e. The predicted octanol–water partition coefficient (Wildman–Crippen LogP) is 4.00. The van der Waals surface area contributed by atoms with Crippen molar-refractivity contribution in [1.29, 1.82) is 0 Å². The van der Waals surface area contributed by atoms with Crippen molar-refractivity contribution in [2.45, 2.75) is 32.1 Å². The first kappa shape index (κ1) is 21.1. The molecular formula is C22H27N3O3S2. The molecule has 1 saturated heterocycles. The first-order valence-corrected chi connectivity index (χ1v) is 12.4. The second kappa shape index (κ2) is 8.17. The van der Waals surface area contributed by atoms with Crippen LogP contribution >= 0.6 is 11.3 Å². The number of hydrogen-bond donors (Lipinski definition) is 0. The number of nitrogens with zero attached hydrogens (tertiary/aromatic N) is 3. The molecule has 0 N–H and O–H groups in total. The maximum atomic E-state index is 13.3. The molecule has 8 heteroatoms. The van der Waals surface area contributed by atoms with Crippen LogP contribution in [0.3, 0.4) is 0 Å². The van der Waals surface area contributed by atoms with Gasteiger partial charge in [0.25, 0.3) is 0 Å². The summed E-state index contributed by atoms with van der Waals surface area (Å²) in [6.45, 7) is 8.10. The summed E-state index contributed by atoms with van der Waals surface area (Å²) in [5, 5.41) is 0.957. The number of methoxy groups -OCH3 is 1. The number of piperazine rings is 1. The van der Waals surface area contributed by atoms with Gasteiger partial charge in [-0.15, -0.1) is 0 Å². The molecule has 3 aromatic rings. The van der Waals surface area contributed by atoms with Crippen molar-refractivity contribution in [3.63, 3.8) is 0 Å². The fourth-order valence-electron chi connectivity index (χ4n) is 3.70. The molecule has 1 aromatic heterocycles. The van der Waals surface area contributed by atoms with Crippen molar-refractivity contribution in [2.75, 3.05) is 38.2 Å². The highest BCUT2D eigenvalue weighted by Crippen LogP contribution is 2.33. The lowest BCUT2D eigenvalue weighted by molar-refractivity contribution is 0.374. The van der Waals surface area contributed by atoms with Crippen LogP contribution in [0, 0.1) is 13.8 Å². The molecule has 0 bridgehead atoms. The van der Waals surface area contributed by atoms with E-state index < -0.39 is 10.0 Å². The Kier molecular flexibility index (Phi) is 5.74. The second-order valence-corrected chi connectivity index (χ2v) is 10.5. The molecule has 4 rings (SSSR count). The van der Waals surface area contributed by atoms with Gasteiger partial charge >= 0.3 is 0 Å². The summed E-state index contributed by atoms with van der Waals surface area (Å²) in [4.78, 5) is 7.19. The summed E-state index contributed by atoms with van der Waals surface area (Å²) in [6.07, 6.45) is 1.00. The van der Waals surface area contributed by atoms with Crippen LogP contribution in [0.1, 0.15) is 23.6 Å². The van der Waals surface area contributed by atoms with Crippen LogP contribution < -0.4 is 9.64 Å². The molecule has 1 fully saturated rings. The van der Waals surface area contributed by atoms with Gasteiger partial charge in [0.2, 0.25) is 10.0 Å². The molecule has 0 unspecified atom stereocenters. The van der Waals surface area contributed by atoms with E-state index in [0.717, 1.165) is 28.2 Å². The van der Waals surface area contributed by atoms with E-state index in [-0.39, 0.29) is 4.90 Å². The minimum absolute atomic E-state index is 0.244. The van der Waals surface area contributed by atoms with Crippen LogP contribution in [0.4, 0.5) is 5.13 Å². The molecule has 160 valence electrons. The fraction of sp³-hybridized carbons (Fsp3) is 0.409. The Morgan fingerprint density at radius 2 is 1.77 bits per heavy atom. The van der Waals surface area contributed by atoms with Gasteiger partial charge in [-0.05, 0) is 61.2 Å². The number of ether oxygens (including phenoxy) is 1. The van der Waals surface area contributed by atoms with Gasteiger partial charge in [0.1, 0.15) is 10.6 Å². The summed E-state index contributed by atoms with van der Waals surface area (Å²) in [5.74, 6) is 0.401. The monoisotopic (exact) mass is 445 g/mol. The van der Waals surface area contributed by atoms with E-state index in [4.69, 9.17) is 9.72 Å². The number of fused-ring (bicyclic) bond motifs is 1. The average molecular weight is 446 g/mol. The highest BCUT2D eigenvalue weighted by Gasteiger charge is 2.32. The lowest BCUT2D eigenvalue weighted by Gasteiger charge is -2.34. The van der Waals surface area contributed by atoms with Crippen LogP contribution in [0.25, 0.3) is 10.2 Å². The zero-order valence-electron chi connectivity index (χ0n) is 17.8. The Morgan fingerprint density at radius 1 is 1.07 bits per heavy atom. The molecule has 0 aliphatic carbocycles. The summed E-state index contributed by atoms with van der Waals surface area (Å²) >= 11 is 1.67. The first-order valence-electron chi connectivity index (χ1n) is 10.1. The van der Waals surface area contributed by atoms with E-state index >= 15 is 0 Å². The van der Waals surface area contributed by atoms with Crippen molar-refractivity contribution in [2.24, 2.45) is 0 Å². The van der Waals surface area contributed by atoms with Crippen molar-refractivity contribution in [3.8, 4) is 5.75 Å². The minimum Gasteiger partial charge on any atom is -0.495 e. The van der Waals surface area contributed by atoms with Crippen LogP contribution in [0.15, 0.2) is 35.2 Å². The Morgan fingerprint density at radius 3 is 2.43 bits per heavy atom. The van der Waals surface area contributed by atoms with E-state index in [1.165, 1.54) is 17.4 Å². The van der Waals surface area contributed by atoms with Crippen LogP contribution in [-0.2, 0) is 16.4 Å². The lowest BCUT2D eigenvalue weighted by atomic mass is 10.1. The standard InChI is InChI=1S/C22H27N3O3S2/c1-5-17-6-7-18-20(14-17)29-22(23-18)24-8-10-25(11-9-24)30(26,27)21-13-16(3)15(2)12-19(21)28-4/h6-7,12-14H,5,8-11H2,1-4H3. The molecule has 2 aromatic carbocycles. The van der Waals surface area contributed by atoms with Crippen LogP contribution in [0.2, 0.25) is 0 Å². The number of aromatic nitrogens is 1. The number of thiazole rings is 1. The number of aryl methyl sites for hydroxylation is 3. The van der Waals surface area contributed by atoms with Gasteiger partial charge in [-0.1, -0.05) is 24.3 Å². The molecule has 6 nitrogen and oxygen atoms in total. The average Bonchev–Trinajstić information content (AvgIpc) is 3.18. The highest BCUT2D eigenvalue weighted by molar-refractivity contribution is 7.89. The summed E-state index contributed by atoms with van der Waals surface area (Å²) in [5.41, 5.74) is 4.25. The molecule has 0 atom stereocenters. The molecule has 0 spiro atoms. The number of hydrogen-bond acceptors (Lipinski definition) is 6. The van der Waals surface area contributed by atoms with Crippen molar-refractivity contribution >= 4 is 36.7 Å². The Bertz CT molecular complexity index is 1180. The van der Waals surface area contributed by atoms with E-state index in [9.17, 15) is 8.42 Å². The number of rotatable bonds is 5. The lowest BCUT2D eigenvalue weighted by Crippen LogP contribution is -2.48. The van der Waals surface area contributed by atoms with Gasteiger partial charge in [-0.3, -0.25) is 0 Å². The third-order valence-corrected chi connectivity index (χ3v) is 8.76. The number of anilines is 1. The SMILES string of the molecule is CCc1ccc2nc(N3CCN(S(=O)(=O)c4cc(C)c(C)cc4OC)CC3)sc2c1. The zero-order valence-corrected chi connectivity index (χ0v) is 19.4. The van der Waals surface area contributed by atoms with E-state index in [1.54, 1.807) is 27.8 Å². The fourth-order valence-corrected chi connectivity index (χ4v) is 6.42. The van der Waals surface area contributed by atoms with Gasteiger partial charge in [0, 0.05) is 26.2 Å². The van der Waals surface area contributed by atoms with Gasteiger partial charge in [-0.2, -0.15) is 4.31 Å².